The zero-order valence-electron chi connectivity index (χ0n) is 13.0. The molecule has 6 heteroatoms. The number of hydrogen-bond donors (Lipinski definition) is 1. The minimum Gasteiger partial charge on any atom is -0.481 e. The maximum absolute atomic E-state index is 12.5. The first-order chi connectivity index (χ1) is 9.68. The van der Waals surface area contributed by atoms with E-state index >= 15 is 0 Å². The van der Waals surface area contributed by atoms with E-state index in [1.165, 1.54) is 0 Å². The molecule has 1 aromatic rings. The summed E-state index contributed by atoms with van der Waals surface area (Å²) in [5.41, 5.74) is 0.334. The molecule has 6 nitrogen and oxygen atoms in total. The quantitative estimate of drug-likeness (QED) is 0.902. The lowest BCUT2D eigenvalue weighted by atomic mass is 9.90. The number of carboxylic acid groups (broad SMARTS) is 1. The first-order valence-corrected chi connectivity index (χ1v) is 7.25. The minimum absolute atomic E-state index is 0.136. The van der Waals surface area contributed by atoms with Crippen LogP contribution in [0.2, 0.25) is 0 Å². The van der Waals surface area contributed by atoms with E-state index in [0.29, 0.717) is 18.5 Å². The molecule has 1 aliphatic rings. The standard InChI is InChI=1S/C15H23N3O3/c1-10-5-11(14(20)21)8-17(7-10)13(19)12-6-16-18(9-12)15(2,3)4/h6,9-11H,5,7-8H2,1-4H3,(H,20,21). The molecule has 0 aromatic carbocycles. The zero-order chi connectivity index (χ0) is 15.8. The molecule has 2 heterocycles. The summed E-state index contributed by atoms with van der Waals surface area (Å²) in [5.74, 6) is -1.25. The van der Waals surface area contributed by atoms with Gasteiger partial charge in [-0.25, -0.2) is 0 Å². The predicted molar refractivity (Wildman–Crippen MR) is 78.0 cm³/mol. The molecular formula is C15H23N3O3. The normalized spacial score (nSPS) is 23.1. The molecule has 0 radical (unpaired) electrons. The SMILES string of the molecule is CC1CC(C(=O)O)CN(C(=O)c2cnn(C(C)(C)C)c2)C1. The number of likely N-dealkylation sites (tertiary alicyclic amines) is 1. The molecule has 1 saturated heterocycles. The van der Waals surface area contributed by atoms with Crippen LogP contribution in [-0.2, 0) is 10.3 Å². The minimum atomic E-state index is -0.829. The van der Waals surface area contributed by atoms with E-state index in [2.05, 4.69) is 5.10 Å². The van der Waals surface area contributed by atoms with Gasteiger partial charge in [-0.3, -0.25) is 14.3 Å². The zero-order valence-corrected chi connectivity index (χ0v) is 13.0. The van der Waals surface area contributed by atoms with Crippen molar-refractivity contribution in [2.45, 2.75) is 39.7 Å². The molecule has 0 saturated carbocycles. The Hall–Kier alpha value is -1.85. The number of aromatic nitrogens is 2. The smallest absolute Gasteiger partial charge is 0.308 e. The van der Waals surface area contributed by atoms with Gasteiger partial charge in [0.25, 0.3) is 5.91 Å². The summed E-state index contributed by atoms with van der Waals surface area (Å²) < 4.78 is 1.75. The van der Waals surface area contributed by atoms with Crippen molar-refractivity contribution in [1.82, 2.24) is 14.7 Å². The van der Waals surface area contributed by atoms with Crippen molar-refractivity contribution in [3.05, 3.63) is 18.0 Å². The van der Waals surface area contributed by atoms with Crippen molar-refractivity contribution in [3.63, 3.8) is 0 Å². The van der Waals surface area contributed by atoms with Crippen LogP contribution in [0.5, 0.6) is 0 Å². The number of hydrogen-bond acceptors (Lipinski definition) is 3. The van der Waals surface area contributed by atoms with Gasteiger partial charge in [-0.05, 0) is 33.1 Å². The Kier molecular flexibility index (Phi) is 4.07. The number of aliphatic carboxylic acids is 1. The summed E-state index contributed by atoms with van der Waals surface area (Å²) in [5, 5.41) is 13.4. The number of amides is 1. The largest absolute Gasteiger partial charge is 0.481 e. The molecule has 2 atom stereocenters. The number of nitrogens with zero attached hydrogens (tertiary/aromatic N) is 3. The number of rotatable bonds is 2. The highest BCUT2D eigenvalue weighted by Gasteiger charge is 2.32. The average Bonchev–Trinajstić information content (AvgIpc) is 2.86. The van der Waals surface area contributed by atoms with Crippen molar-refractivity contribution in [2.75, 3.05) is 13.1 Å². The molecule has 1 aliphatic heterocycles. The summed E-state index contributed by atoms with van der Waals surface area (Å²) in [7, 11) is 0. The highest BCUT2D eigenvalue weighted by molar-refractivity contribution is 5.94. The number of carbonyl (C=O) groups excluding carboxylic acids is 1. The number of carbonyl (C=O) groups is 2. The van der Waals surface area contributed by atoms with Crippen molar-refractivity contribution in [3.8, 4) is 0 Å². The van der Waals surface area contributed by atoms with E-state index in [1.54, 1.807) is 22.0 Å². The van der Waals surface area contributed by atoms with Gasteiger partial charge in [0, 0.05) is 19.3 Å². The van der Waals surface area contributed by atoms with E-state index in [0.717, 1.165) is 0 Å². The molecular weight excluding hydrogens is 270 g/mol. The van der Waals surface area contributed by atoms with E-state index in [1.807, 2.05) is 27.7 Å². The highest BCUT2D eigenvalue weighted by Crippen LogP contribution is 2.23. The Morgan fingerprint density at radius 3 is 2.52 bits per heavy atom. The summed E-state index contributed by atoms with van der Waals surface area (Å²) in [4.78, 5) is 25.4. The van der Waals surface area contributed by atoms with Crippen molar-refractivity contribution in [2.24, 2.45) is 11.8 Å². The van der Waals surface area contributed by atoms with Crippen LogP contribution >= 0.6 is 0 Å². The highest BCUT2D eigenvalue weighted by atomic mass is 16.4. The van der Waals surface area contributed by atoms with Crippen molar-refractivity contribution < 1.29 is 14.7 Å². The van der Waals surface area contributed by atoms with Crippen LogP contribution in [0, 0.1) is 11.8 Å². The maximum atomic E-state index is 12.5. The number of piperidine rings is 1. The molecule has 1 amide bonds. The molecule has 2 rings (SSSR count). The number of carboxylic acids is 1. The van der Waals surface area contributed by atoms with Crippen LogP contribution in [0.3, 0.4) is 0 Å². The third kappa shape index (κ3) is 3.43. The van der Waals surface area contributed by atoms with E-state index < -0.39 is 11.9 Å². The van der Waals surface area contributed by atoms with Crippen LogP contribution < -0.4 is 0 Å². The predicted octanol–water partition coefficient (Wildman–Crippen LogP) is 1.82. The lowest BCUT2D eigenvalue weighted by molar-refractivity contribution is -0.143. The lowest BCUT2D eigenvalue weighted by Gasteiger charge is -2.34. The summed E-state index contributed by atoms with van der Waals surface area (Å²) in [6.45, 7) is 8.89. The Morgan fingerprint density at radius 2 is 2.00 bits per heavy atom. The molecule has 2 unspecified atom stereocenters. The van der Waals surface area contributed by atoms with Gasteiger partial charge >= 0.3 is 5.97 Å². The van der Waals surface area contributed by atoms with E-state index in [4.69, 9.17) is 0 Å². The first-order valence-electron chi connectivity index (χ1n) is 7.25. The monoisotopic (exact) mass is 293 g/mol. The first kappa shape index (κ1) is 15.5. The average molecular weight is 293 g/mol. The van der Waals surface area contributed by atoms with Gasteiger partial charge in [0.05, 0.1) is 23.2 Å². The maximum Gasteiger partial charge on any atom is 0.308 e. The van der Waals surface area contributed by atoms with Gasteiger partial charge in [-0.15, -0.1) is 0 Å². The lowest BCUT2D eigenvalue weighted by Crippen LogP contribution is -2.45. The van der Waals surface area contributed by atoms with Crippen LogP contribution in [-0.4, -0.2) is 44.8 Å². The van der Waals surface area contributed by atoms with Gasteiger partial charge in [-0.2, -0.15) is 5.10 Å². The van der Waals surface area contributed by atoms with E-state index in [9.17, 15) is 14.7 Å². The Bertz CT molecular complexity index is 545. The molecule has 0 spiro atoms. The Morgan fingerprint density at radius 1 is 1.33 bits per heavy atom. The molecule has 21 heavy (non-hydrogen) atoms. The Labute approximate surface area is 124 Å². The fourth-order valence-electron chi connectivity index (χ4n) is 2.68. The third-order valence-corrected chi connectivity index (χ3v) is 3.81. The van der Waals surface area contributed by atoms with Crippen molar-refractivity contribution >= 4 is 11.9 Å². The summed E-state index contributed by atoms with van der Waals surface area (Å²) in [6.07, 6.45) is 3.92. The van der Waals surface area contributed by atoms with Crippen LogP contribution in [0.25, 0.3) is 0 Å². The van der Waals surface area contributed by atoms with Gasteiger partial charge in [0.2, 0.25) is 0 Å². The second kappa shape index (κ2) is 5.50. The van der Waals surface area contributed by atoms with Crippen LogP contribution in [0.1, 0.15) is 44.5 Å². The van der Waals surface area contributed by atoms with Gasteiger partial charge in [0.15, 0.2) is 0 Å². The molecule has 1 aromatic heterocycles. The van der Waals surface area contributed by atoms with Gasteiger partial charge in [-0.1, -0.05) is 6.92 Å². The Balaban J connectivity index is 2.15. The fraction of sp³-hybridized carbons (Fsp3) is 0.667. The summed E-state index contributed by atoms with van der Waals surface area (Å²) >= 11 is 0. The van der Waals surface area contributed by atoms with Crippen LogP contribution in [0.4, 0.5) is 0 Å². The van der Waals surface area contributed by atoms with Gasteiger partial charge < -0.3 is 10.0 Å². The van der Waals surface area contributed by atoms with Crippen LogP contribution in [0.15, 0.2) is 12.4 Å². The fourth-order valence-corrected chi connectivity index (χ4v) is 2.68. The van der Waals surface area contributed by atoms with Crippen molar-refractivity contribution in [1.29, 1.82) is 0 Å². The second-order valence-corrected chi connectivity index (χ2v) is 6.93. The molecule has 0 aliphatic carbocycles. The molecule has 1 fully saturated rings. The summed E-state index contributed by atoms with van der Waals surface area (Å²) in [6, 6.07) is 0. The molecule has 1 N–H and O–H groups in total. The molecule has 0 bridgehead atoms. The van der Waals surface area contributed by atoms with Gasteiger partial charge in [0.1, 0.15) is 0 Å². The topological polar surface area (TPSA) is 75.4 Å². The third-order valence-electron chi connectivity index (χ3n) is 3.81. The van der Waals surface area contributed by atoms with E-state index in [-0.39, 0.29) is 23.9 Å². The molecule has 116 valence electrons. The second-order valence-electron chi connectivity index (χ2n) is 6.93.